The van der Waals surface area contributed by atoms with Crippen LogP contribution in [0.2, 0.25) is 5.02 Å². The second kappa shape index (κ2) is 11.2. The highest BCUT2D eigenvalue weighted by Crippen LogP contribution is 2.27. The predicted molar refractivity (Wildman–Crippen MR) is 151 cm³/mol. The molecule has 6 heteroatoms. The van der Waals surface area contributed by atoms with Crippen molar-refractivity contribution in [3.63, 3.8) is 0 Å². The van der Waals surface area contributed by atoms with Crippen LogP contribution in [0.5, 0.6) is 0 Å². The van der Waals surface area contributed by atoms with Gasteiger partial charge in [-0.1, -0.05) is 90.5 Å². The summed E-state index contributed by atoms with van der Waals surface area (Å²) in [4.78, 5) is 4.65. The van der Waals surface area contributed by atoms with Crippen molar-refractivity contribution < 1.29 is 13.0 Å². The average Bonchev–Trinajstić information content (AvgIpc) is 2.84. The number of hydrogen-bond acceptors (Lipinski definition) is 3. The molecule has 1 aromatic heterocycles. The van der Waals surface area contributed by atoms with Gasteiger partial charge in [0.25, 0.3) is 10.1 Å². The lowest BCUT2D eigenvalue weighted by Crippen LogP contribution is -2.15. The summed E-state index contributed by atoms with van der Waals surface area (Å²) in [5.41, 5.74) is 6.55. The summed E-state index contributed by atoms with van der Waals surface area (Å²) in [6.45, 7) is 6.02. The molecule has 1 N–H and O–H groups in total. The van der Waals surface area contributed by atoms with E-state index in [4.69, 9.17) is 11.6 Å². The molecule has 0 spiro atoms. The highest BCUT2D eigenvalue weighted by molar-refractivity contribution is 7.85. The van der Waals surface area contributed by atoms with Crippen molar-refractivity contribution in [1.82, 2.24) is 4.98 Å². The van der Waals surface area contributed by atoms with Gasteiger partial charge in [0.05, 0.1) is 17.0 Å². The molecule has 4 nitrogen and oxygen atoms in total. The Labute approximate surface area is 217 Å². The lowest BCUT2D eigenvalue weighted by Gasteiger charge is -2.18. The van der Waals surface area contributed by atoms with Crippen molar-refractivity contribution in [1.29, 1.82) is 0 Å². The Morgan fingerprint density at radius 1 is 1.03 bits per heavy atom. The number of hydrogen-bond donors (Lipinski definition) is 1. The van der Waals surface area contributed by atoms with Crippen LogP contribution in [0.25, 0.3) is 28.6 Å². The summed E-state index contributed by atoms with van der Waals surface area (Å²) in [5, 5.41) is 1.65. The lowest BCUT2D eigenvalue weighted by atomic mass is 9.90. The molecule has 1 heterocycles. The molecule has 1 atom stereocenters. The molecule has 0 aliphatic rings. The van der Waals surface area contributed by atoms with E-state index in [9.17, 15) is 13.0 Å². The fraction of sp³-hybridized carbons (Fsp3) is 0.167. The quantitative estimate of drug-likeness (QED) is 0.231. The van der Waals surface area contributed by atoms with E-state index in [1.54, 1.807) is 0 Å². The number of halogens is 1. The van der Waals surface area contributed by atoms with Gasteiger partial charge in [-0.2, -0.15) is 8.42 Å². The minimum atomic E-state index is -4.15. The predicted octanol–water partition coefficient (Wildman–Crippen LogP) is 7.70. The molecule has 184 valence electrons. The van der Waals surface area contributed by atoms with Gasteiger partial charge in [-0.25, -0.2) is 4.98 Å². The maximum Gasteiger partial charge on any atom is 0.265 e. The third-order valence-electron chi connectivity index (χ3n) is 6.16. The number of nitrogens with zero attached hydrogens (tertiary/aromatic N) is 1. The molecule has 0 saturated heterocycles. The first-order valence-corrected chi connectivity index (χ1v) is 13.7. The molecular weight excluding hydrogens is 490 g/mol. The summed E-state index contributed by atoms with van der Waals surface area (Å²) >= 11 is 6.10. The van der Waals surface area contributed by atoms with Crippen molar-refractivity contribution in [3.05, 3.63) is 118 Å². The van der Waals surface area contributed by atoms with Gasteiger partial charge < -0.3 is 0 Å². The van der Waals surface area contributed by atoms with Crippen molar-refractivity contribution in [2.24, 2.45) is 0 Å². The van der Waals surface area contributed by atoms with Crippen LogP contribution in [0.1, 0.15) is 47.2 Å². The minimum absolute atomic E-state index is 0.331. The fourth-order valence-electron chi connectivity index (χ4n) is 4.38. The first kappa shape index (κ1) is 25.8. The highest BCUT2D eigenvalue weighted by atomic mass is 35.5. The number of rotatable bonds is 9. The van der Waals surface area contributed by atoms with E-state index in [0.29, 0.717) is 17.9 Å². The topological polar surface area (TPSA) is 67.3 Å². The molecule has 3 aromatic carbocycles. The van der Waals surface area contributed by atoms with E-state index in [1.807, 2.05) is 97.9 Å². The van der Waals surface area contributed by atoms with Crippen molar-refractivity contribution >= 4 is 50.3 Å². The van der Waals surface area contributed by atoms with Gasteiger partial charge in [-0.15, -0.1) is 0 Å². The van der Waals surface area contributed by atoms with Gasteiger partial charge in [0, 0.05) is 16.3 Å². The molecule has 4 rings (SSSR count). The van der Waals surface area contributed by atoms with Crippen LogP contribution >= 0.6 is 11.6 Å². The summed E-state index contributed by atoms with van der Waals surface area (Å²) in [5.74, 6) is -0.685. The number of aryl methyl sites for hydroxylation is 1. The van der Waals surface area contributed by atoms with Gasteiger partial charge in [0.2, 0.25) is 0 Å². The molecule has 0 radical (unpaired) electrons. The number of fused-ring (bicyclic) bond motifs is 1. The zero-order valence-corrected chi connectivity index (χ0v) is 21.6. The Morgan fingerprint density at radius 2 is 1.81 bits per heavy atom. The molecular formula is C30H28ClNO3S. The van der Waals surface area contributed by atoms with Crippen LogP contribution in [0.4, 0.5) is 0 Å². The van der Waals surface area contributed by atoms with Crippen LogP contribution < -0.4 is 0 Å². The number of pyridine rings is 1. The molecule has 4 aromatic rings. The Hall–Kier alpha value is -3.25. The SMILES string of the molecule is C=C(C)c1ccccc1CC[C@H](CS(=O)(=O)O)c1cccc(/C=C/c2ccc3ccc(Cl)cc3n2)c1. The molecule has 0 bridgehead atoms. The zero-order chi connectivity index (χ0) is 25.7. The average molecular weight is 518 g/mol. The molecule has 0 fully saturated rings. The number of allylic oxidation sites excluding steroid dienone is 1. The van der Waals surface area contributed by atoms with Crippen molar-refractivity contribution in [2.75, 3.05) is 5.75 Å². The van der Waals surface area contributed by atoms with E-state index in [0.717, 1.165) is 44.4 Å². The summed E-state index contributed by atoms with van der Waals surface area (Å²) < 4.78 is 33.3. The Kier molecular flexibility index (Phi) is 8.04. The largest absolute Gasteiger partial charge is 0.286 e. The molecule has 36 heavy (non-hydrogen) atoms. The van der Waals surface area contributed by atoms with E-state index >= 15 is 0 Å². The van der Waals surface area contributed by atoms with Crippen molar-refractivity contribution in [2.45, 2.75) is 25.7 Å². The Balaban J connectivity index is 1.58. The lowest BCUT2D eigenvalue weighted by molar-refractivity contribution is 0.474. The number of aromatic nitrogens is 1. The first-order chi connectivity index (χ1) is 17.2. The Morgan fingerprint density at radius 3 is 2.58 bits per heavy atom. The van der Waals surface area contributed by atoms with Crippen LogP contribution in [-0.4, -0.2) is 23.7 Å². The van der Waals surface area contributed by atoms with Crippen LogP contribution in [0.3, 0.4) is 0 Å². The standard InChI is InChI=1S/C30H28ClNO3S/c1-21(2)29-9-4-3-7-23(29)11-12-26(20-36(33,34)35)25-8-5-6-22(18-25)10-16-28-17-14-24-13-15-27(31)19-30(24)32-28/h3-10,13-19,26H,1,11-12,20H2,2H3,(H,33,34,35)/b16-10+/t26-/m1/s1. The monoisotopic (exact) mass is 517 g/mol. The van der Waals surface area contributed by atoms with E-state index in [-0.39, 0.29) is 11.7 Å². The van der Waals surface area contributed by atoms with Gasteiger partial charge in [-0.05, 0) is 66.3 Å². The second-order valence-corrected chi connectivity index (χ2v) is 10.9. The number of benzene rings is 3. The summed E-state index contributed by atoms with van der Waals surface area (Å²) in [6, 6.07) is 25.3. The minimum Gasteiger partial charge on any atom is -0.286 e. The molecule has 0 aliphatic carbocycles. The third-order valence-corrected chi connectivity index (χ3v) is 7.21. The summed E-state index contributed by atoms with van der Waals surface area (Å²) in [6.07, 6.45) is 5.11. The van der Waals surface area contributed by atoms with Crippen LogP contribution in [0.15, 0.2) is 85.4 Å². The second-order valence-electron chi connectivity index (χ2n) is 9.00. The molecule has 0 aliphatic heterocycles. The smallest absolute Gasteiger partial charge is 0.265 e. The van der Waals surface area contributed by atoms with Gasteiger partial charge in [0.15, 0.2) is 0 Å². The Bertz CT molecular complexity index is 1540. The molecule has 0 unspecified atom stereocenters. The van der Waals surface area contributed by atoms with E-state index in [1.165, 1.54) is 0 Å². The highest BCUT2D eigenvalue weighted by Gasteiger charge is 2.20. The van der Waals surface area contributed by atoms with E-state index < -0.39 is 10.1 Å². The zero-order valence-electron chi connectivity index (χ0n) is 20.1. The van der Waals surface area contributed by atoms with Gasteiger partial charge in [-0.3, -0.25) is 4.55 Å². The van der Waals surface area contributed by atoms with Gasteiger partial charge in [0.1, 0.15) is 0 Å². The maximum atomic E-state index is 11.8. The summed E-state index contributed by atoms with van der Waals surface area (Å²) in [7, 11) is -4.15. The van der Waals surface area contributed by atoms with Gasteiger partial charge >= 0.3 is 0 Å². The fourth-order valence-corrected chi connectivity index (χ4v) is 5.42. The third kappa shape index (κ3) is 6.91. The molecule has 0 amide bonds. The maximum absolute atomic E-state index is 11.8. The van der Waals surface area contributed by atoms with Crippen LogP contribution in [0, 0.1) is 0 Å². The first-order valence-electron chi connectivity index (χ1n) is 11.7. The normalized spacial score (nSPS) is 12.8. The van der Waals surface area contributed by atoms with E-state index in [2.05, 4.69) is 11.6 Å². The van der Waals surface area contributed by atoms with Crippen molar-refractivity contribution in [3.8, 4) is 0 Å². The van der Waals surface area contributed by atoms with Crippen LogP contribution in [-0.2, 0) is 16.5 Å². The molecule has 0 saturated carbocycles.